The number of benzene rings is 1. The maximum atomic E-state index is 13.4. The zero-order valence-electron chi connectivity index (χ0n) is 9.51. The number of aromatic nitrogens is 3. The van der Waals surface area contributed by atoms with Crippen molar-refractivity contribution >= 4 is 5.91 Å². The third-order valence-electron chi connectivity index (χ3n) is 2.39. The number of amides is 1. The number of carbonyl (C=O) groups is 1. The van der Waals surface area contributed by atoms with E-state index >= 15 is 0 Å². The molecule has 0 aliphatic heterocycles. The van der Waals surface area contributed by atoms with Gasteiger partial charge in [-0.05, 0) is 19.1 Å². The summed E-state index contributed by atoms with van der Waals surface area (Å²) in [5.41, 5.74) is -0.140. The Hall–Kier alpha value is -2.44. The molecule has 2 aromatic rings. The van der Waals surface area contributed by atoms with Gasteiger partial charge in [0.15, 0.2) is 0 Å². The summed E-state index contributed by atoms with van der Waals surface area (Å²) in [5, 5.41) is 17.9. The van der Waals surface area contributed by atoms with Crippen LogP contribution in [0.2, 0.25) is 0 Å². The first-order valence-corrected chi connectivity index (χ1v) is 5.22. The van der Waals surface area contributed by atoms with Gasteiger partial charge in [-0.25, -0.2) is 9.37 Å². The van der Waals surface area contributed by atoms with E-state index in [1.165, 1.54) is 18.5 Å². The van der Waals surface area contributed by atoms with Crippen molar-refractivity contribution in [2.45, 2.75) is 13.0 Å². The van der Waals surface area contributed by atoms with Crippen molar-refractivity contribution in [3.05, 3.63) is 41.7 Å². The molecule has 7 heteroatoms. The van der Waals surface area contributed by atoms with E-state index in [1.807, 2.05) is 0 Å². The molecule has 0 spiro atoms. The SMILES string of the molecule is CC(NC(=O)c1ccc(O)cc1F)c1ncn[nH]1. The lowest BCUT2D eigenvalue weighted by molar-refractivity contribution is 0.0934. The maximum absolute atomic E-state index is 13.4. The highest BCUT2D eigenvalue weighted by atomic mass is 19.1. The number of halogens is 1. The highest BCUT2D eigenvalue weighted by Crippen LogP contribution is 2.16. The van der Waals surface area contributed by atoms with E-state index < -0.39 is 17.8 Å². The van der Waals surface area contributed by atoms with Crippen molar-refractivity contribution in [2.75, 3.05) is 0 Å². The van der Waals surface area contributed by atoms with E-state index in [9.17, 15) is 9.18 Å². The number of phenols is 1. The number of aromatic amines is 1. The Morgan fingerprint density at radius 3 is 2.94 bits per heavy atom. The van der Waals surface area contributed by atoms with E-state index in [0.717, 1.165) is 6.07 Å². The van der Waals surface area contributed by atoms with Crippen molar-refractivity contribution in [3.8, 4) is 5.75 Å². The molecule has 1 aromatic heterocycles. The lowest BCUT2D eigenvalue weighted by Gasteiger charge is -2.11. The van der Waals surface area contributed by atoms with Crippen molar-refractivity contribution in [1.29, 1.82) is 0 Å². The summed E-state index contributed by atoms with van der Waals surface area (Å²) >= 11 is 0. The molecular formula is C11H11FN4O2. The van der Waals surface area contributed by atoms with Crippen LogP contribution in [0.4, 0.5) is 4.39 Å². The van der Waals surface area contributed by atoms with Gasteiger partial charge in [0.2, 0.25) is 0 Å². The summed E-state index contributed by atoms with van der Waals surface area (Å²) in [6, 6.07) is 2.92. The quantitative estimate of drug-likeness (QED) is 0.761. The van der Waals surface area contributed by atoms with Gasteiger partial charge in [-0.1, -0.05) is 0 Å². The van der Waals surface area contributed by atoms with Crippen LogP contribution in [0.5, 0.6) is 5.75 Å². The van der Waals surface area contributed by atoms with Crippen LogP contribution in [-0.2, 0) is 0 Å². The highest BCUT2D eigenvalue weighted by molar-refractivity contribution is 5.94. The smallest absolute Gasteiger partial charge is 0.254 e. The molecule has 1 heterocycles. The Kier molecular flexibility index (Phi) is 3.22. The average molecular weight is 250 g/mol. The zero-order valence-corrected chi connectivity index (χ0v) is 9.51. The largest absolute Gasteiger partial charge is 0.508 e. The summed E-state index contributed by atoms with van der Waals surface area (Å²) in [6.45, 7) is 1.69. The minimum atomic E-state index is -0.780. The summed E-state index contributed by atoms with van der Waals surface area (Å²) < 4.78 is 13.4. The van der Waals surface area contributed by atoms with Crippen LogP contribution in [0.15, 0.2) is 24.5 Å². The van der Waals surface area contributed by atoms with Gasteiger partial charge in [0.25, 0.3) is 5.91 Å². The van der Waals surface area contributed by atoms with Gasteiger partial charge < -0.3 is 10.4 Å². The summed E-state index contributed by atoms with van der Waals surface area (Å²) in [7, 11) is 0. The summed E-state index contributed by atoms with van der Waals surface area (Å²) in [6.07, 6.45) is 1.32. The minimum absolute atomic E-state index is 0.140. The molecule has 0 aliphatic rings. The Morgan fingerprint density at radius 1 is 1.56 bits per heavy atom. The fraction of sp³-hybridized carbons (Fsp3) is 0.182. The monoisotopic (exact) mass is 250 g/mol. The number of rotatable bonds is 3. The van der Waals surface area contributed by atoms with Gasteiger partial charge >= 0.3 is 0 Å². The Bertz CT molecular complexity index is 556. The Balaban J connectivity index is 2.12. The van der Waals surface area contributed by atoms with Crippen molar-refractivity contribution in [2.24, 2.45) is 0 Å². The molecule has 0 radical (unpaired) electrons. The molecule has 18 heavy (non-hydrogen) atoms. The van der Waals surface area contributed by atoms with Crippen LogP contribution < -0.4 is 5.32 Å². The van der Waals surface area contributed by atoms with Crippen LogP contribution in [0.25, 0.3) is 0 Å². The first-order valence-electron chi connectivity index (χ1n) is 5.22. The first-order chi connectivity index (χ1) is 8.58. The Labute approximate surface area is 102 Å². The second-order valence-corrected chi connectivity index (χ2v) is 3.73. The Morgan fingerprint density at radius 2 is 2.33 bits per heavy atom. The van der Waals surface area contributed by atoms with Gasteiger partial charge in [-0.15, -0.1) is 0 Å². The molecule has 0 aliphatic carbocycles. The number of nitrogens with zero attached hydrogens (tertiary/aromatic N) is 2. The average Bonchev–Trinajstić information content (AvgIpc) is 2.81. The van der Waals surface area contributed by atoms with E-state index in [-0.39, 0.29) is 11.3 Å². The predicted molar refractivity (Wildman–Crippen MR) is 60.3 cm³/mol. The number of phenolic OH excluding ortho intramolecular Hbond substituents is 1. The predicted octanol–water partition coefficient (Wildman–Crippen LogP) is 1.14. The number of aromatic hydroxyl groups is 1. The fourth-order valence-electron chi connectivity index (χ4n) is 1.45. The van der Waals surface area contributed by atoms with E-state index in [2.05, 4.69) is 20.5 Å². The molecule has 2 rings (SSSR count). The molecule has 1 aromatic carbocycles. The molecule has 0 fully saturated rings. The fourth-order valence-corrected chi connectivity index (χ4v) is 1.45. The number of nitrogens with one attached hydrogen (secondary N) is 2. The standard InChI is InChI=1S/C11H11FN4O2/c1-6(10-13-5-14-16-10)15-11(18)8-3-2-7(17)4-9(8)12/h2-6,17H,1H3,(H,15,18)(H,13,14,16). The minimum Gasteiger partial charge on any atom is -0.508 e. The first kappa shape index (κ1) is 12.0. The topological polar surface area (TPSA) is 90.9 Å². The molecule has 1 unspecified atom stereocenters. The summed E-state index contributed by atoms with van der Waals surface area (Å²) in [5.74, 6) is -1.12. The molecule has 1 atom stereocenters. The van der Waals surface area contributed by atoms with Gasteiger partial charge in [-0.3, -0.25) is 9.89 Å². The van der Waals surface area contributed by atoms with Crippen LogP contribution in [0.1, 0.15) is 29.1 Å². The molecule has 1 amide bonds. The van der Waals surface area contributed by atoms with Gasteiger partial charge in [0.05, 0.1) is 11.6 Å². The molecule has 94 valence electrons. The molecule has 0 saturated heterocycles. The number of carbonyl (C=O) groups excluding carboxylic acids is 1. The van der Waals surface area contributed by atoms with E-state index in [4.69, 9.17) is 5.11 Å². The van der Waals surface area contributed by atoms with Crippen molar-refractivity contribution < 1.29 is 14.3 Å². The van der Waals surface area contributed by atoms with Crippen LogP contribution in [0, 0.1) is 5.82 Å². The normalized spacial score (nSPS) is 12.1. The van der Waals surface area contributed by atoms with Crippen molar-refractivity contribution in [1.82, 2.24) is 20.5 Å². The maximum Gasteiger partial charge on any atom is 0.254 e. The zero-order chi connectivity index (χ0) is 13.1. The van der Waals surface area contributed by atoms with Crippen molar-refractivity contribution in [3.63, 3.8) is 0 Å². The van der Waals surface area contributed by atoms with Gasteiger partial charge in [0.1, 0.15) is 23.7 Å². The third-order valence-corrected chi connectivity index (χ3v) is 2.39. The molecular weight excluding hydrogens is 239 g/mol. The second kappa shape index (κ2) is 4.82. The van der Waals surface area contributed by atoms with Gasteiger partial charge in [-0.2, -0.15) is 5.10 Å². The summed E-state index contributed by atoms with van der Waals surface area (Å²) in [4.78, 5) is 15.7. The van der Waals surface area contributed by atoms with Crippen LogP contribution in [-0.4, -0.2) is 26.2 Å². The van der Waals surface area contributed by atoms with Crippen LogP contribution >= 0.6 is 0 Å². The van der Waals surface area contributed by atoms with E-state index in [1.54, 1.807) is 6.92 Å². The van der Waals surface area contributed by atoms with Gasteiger partial charge in [0, 0.05) is 6.07 Å². The number of hydrogen-bond donors (Lipinski definition) is 3. The lowest BCUT2D eigenvalue weighted by Crippen LogP contribution is -2.28. The molecule has 0 saturated carbocycles. The molecule has 3 N–H and O–H groups in total. The molecule has 0 bridgehead atoms. The van der Waals surface area contributed by atoms with Crippen LogP contribution in [0.3, 0.4) is 0 Å². The second-order valence-electron chi connectivity index (χ2n) is 3.73. The van der Waals surface area contributed by atoms with E-state index in [0.29, 0.717) is 5.82 Å². The third kappa shape index (κ3) is 2.45. The lowest BCUT2D eigenvalue weighted by atomic mass is 10.1. The highest BCUT2D eigenvalue weighted by Gasteiger charge is 2.16. The molecule has 6 nitrogen and oxygen atoms in total. The number of H-pyrrole nitrogens is 1. The number of hydrogen-bond acceptors (Lipinski definition) is 4.